The summed E-state index contributed by atoms with van der Waals surface area (Å²) < 4.78 is 46.7. The Morgan fingerprint density at radius 2 is 1.42 bits per heavy atom. The third kappa shape index (κ3) is 4.86. The molecule has 0 spiro atoms. The van der Waals surface area contributed by atoms with Crippen LogP contribution in [0.15, 0.2) is 72.2 Å². The summed E-state index contributed by atoms with van der Waals surface area (Å²) in [5, 5.41) is 2.71. The van der Waals surface area contributed by atoms with Crippen molar-refractivity contribution in [3.8, 4) is 11.1 Å². The van der Waals surface area contributed by atoms with Gasteiger partial charge in [0.15, 0.2) is 0 Å². The molecule has 1 fully saturated rings. The fourth-order valence-corrected chi connectivity index (χ4v) is 4.85. The molecule has 3 aromatic carbocycles. The number of rotatable bonds is 6. The van der Waals surface area contributed by atoms with Gasteiger partial charge in [0.1, 0.15) is 18.2 Å². The highest BCUT2D eigenvalue weighted by Crippen LogP contribution is 2.44. The fourth-order valence-electron chi connectivity index (χ4n) is 4.85. The van der Waals surface area contributed by atoms with E-state index in [4.69, 9.17) is 14.0 Å². The van der Waals surface area contributed by atoms with E-state index in [1.165, 1.54) is 24.3 Å². The van der Waals surface area contributed by atoms with Crippen molar-refractivity contribution in [2.24, 2.45) is 0 Å². The van der Waals surface area contributed by atoms with E-state index in [1.54, 1.807) is 0 Å². The number of carbonyl (C=O) groups excluding carboxylic acids is 1. The number of alkyl carbamates (subject to hydrolysis) is 1. The molecule has 0 aromatic heterocycles. The summed E-state index contributed by atoms with van der Waals surface area (Å²) in [6, 6.07) is 19.8. The average molecular weight is 517 g/mol. The average Bonchev–Trinajstić information content (AvgIpc) is 3.31. The maximum Gasteiger partial charge on any atom is 0.492 e. The van der Waals surface area contributed by atoms with Crippen LogP contribution >= 0.6 is 0 Å². The molecule has 1 heterocycles. The molecular formula is C30H30BF2NO4. The van der Waals surface area contributed by atoms with Crippen LogP contribution in [0.4, 0.5) is 13.6 Å². The lowest BCUT2D eigenvalue weighted by Crippen LogP contribution is -2.41. The second kappa shape index (κ2) is 10.0. The molecule has 0 unspecified atom stereocenters. The van der Waals surface area contributed by atoms with Crippen molar-refractivity contribution in [3.05, 3.63) is 101 Å². The fraction of sp³-hybridized carbons (Fsp3) is 0.300. The zero-order valence-corrected chi connectivity index (χ0v) is 21.9. The van der Waals surface area contributed by atoms with E-state index in [0.717, 1.165) is 22.3 Å². The smallest absolute Gasteiger partial charge is 0.449 e. The number of fused-ring (bicyclic) bond motifs is 3. The number of ether oxygens (including phenoxy) is 1. The molecule has 0 saturated carbocycles. The lowest BCUT2D eigenvalue weighted by atomic mass is 9.77. The second-order valence-electron chi connectivity index (χ2n) is 10.6. The zero-order chi connectivity index (χ0) is 27.1. The van der Waals surface area contributed by atoms with Gasteiger partial charge in [-0.05, 0) is 67.6 Å². The number of nitrogens with one attached hydrogen (secondary N) is 1. The summed E-state index contributed by atoms with van der Waals surface area (Å²) >= 11 is 0. The standard InChI is InChI=1S/C30H30BF2NO4/c1-29(2)30(3,4)38-31(37-29)19(16-24-26(32)14-9-15-27(24)33)17-34-28(35)36-18-25-22-12-7-5-10-20(22)21-11-6-8-13-23(21)25/h5-16,25H,17-18H2,1-4H3,(H,34,35). The first kappa shape index (κ1) is 26.1. The molecule has 5 rings (SSSR count). The SMILES string of the molecule is CC1(C)OB(C(=Cc2c(F)cccc2F)CNC(=O)OCC2c3ccccc3-c3ccccc32)OC1(C)C. The van der Waals surface area contributed by atoms with E-state index >= 15 is 0 Å². The Morgan fingerprint density at radius 3 is 1.97 bits per heavy atom. The molecule has 0 radical (unpaired) electrons. The summed E-state index contributed by atoms with van der Waals surface area (Å²) in [4.78, 5) is 12.8. The summed E-state index contributed by atoms with van der Waals surface area (Å²) in [6.07, 6.45) is 0.680. The highest BCUT2D eigenvalue weighted by atomic mass is 19.1. The van der Waals surface area contributed by atoms with Crippen molar-refractivity contribution in [2.45, 2.75) is 44.8 Å². The number of hydrogen-bond acceptors (Lipinski definition) is 4. The van der Waals surface area contributed by atoms with Gasteiger partial charge in [-0.2, -0.15) is 0 Å². The zero-order valence-electron chi connectivity index (χ0n) is 21.9. The Hall–Kier alpha value is -3.49. The van der Waals surface area contributed by atoms with Crippen LogP contribution in [0.3, 0.4) is 0 Å². The predicted molar refractivity (Wildman–Crippen MR) is 143 cm³/mol. The lowest BCUT2D eigenvalue weighted by molar-refractivity contribution is 0.00578. The first-order valence-corrected chi connectivity index (χ1v) is 12.7. The number of halogens is 2. The van der Waals surface area contributed by atoms with Crippen molar-refractivity contribution in [1.29, 1.82) is 0 Å². The maximum absolute atomic E-state index is 14.5. The highest BCUT2D eigenvalue weighted by Gasteiger charge is 2.52. The second-order valence-corrected chi connectivity index (χ2v) is 10.6. The van der Waals surface area contributed by atoms with E-state index in [0.29, 0.717) is 5.47 Å². The van der Waals surface area contributed by atoms with Crippen LogP contribution in [0.5, 0.6) is 0 Å². The van der Waals surface area contributed by atoms with Gasteiger partial charge in [0.05, 0.1) is 11.2 Å². The molecule has 196 valence electrons. The van der Waals surface area contributed by atoms with Crippen LogP contribution < -0.4 is 5.32 Å². The van der Waals surface area contributed by atoms with Gasteiger partial charge in [0.25, 0.3) is 0 Å². The van der Waals surface area contributed by atoms with Gasteiger partial charge in [-0.1, -0.05) is 60.7 Å². The molecular weight excluding hydrogens is 487 g/mol. The minimum Gasteiger partial charge on any atom is -0.449 e. The van der Waals surface area contributed by atoms with E-state index in [-0.39, 0.29) is 24.6 Å². The Labute approximate surface area is 221 Å². The van der Waals surface area contributed by atoms with E-state index in [2.05, 4.69) is 17.4 Å². The summed E-state index contributed by atoms with van der Waals surface area (Å²) in [5.41, 5.74) is 3.27. The van der Waals surface area contributed by atoms with Crippen molar-refractivity contribution < 1.29 is 27.6 Å². The largest absolute Gasteiger partial charge is 0.492 e. The van der Waals surface area contributed by atoms with Crippen LogP contribution in [0, 0.1) is 11.6 Å². The Kier molecular flexibility index (Phi) is 6.88. The number of hydrogen-bond donors (Lipinski definition) is 1. The topological polar surface area (TPSA) is 56.8 Å². The highest BCUT2D eigenvalue weighted by molar-refractivity contribution is 6.56. The molecule has 0 atom stereocenters. The van der Waals surface area contributed by atoms with Crippen molar-refractivity contribution >= 4 is 19.3 Å². The molecule has 1 amide bonds. The summed E-state index contributed by atoms with van der Waals surface area (Å²) in [7, 11) is -0.909. The monoisotopic (exact) mass is 517 g/mol. The lowest BCUT2D eigenvalue weighted by Gasteiger charge is -2.32. The molecule has 2 aliphatic rings. The molecule has 1 saturated heterocycles. The molecule has 1 N–H and O–H groups in total. The van der Waals surface area contributed by atoms with Gasteiger partial charge in [0, 0.05) is 18.0 Å². The van der Waals surface area contributed by atoms with Crippen LogP contribution in [0.25, 0.3) is 17.2 Å². The molecule has 5 nitrogen and oxygen atoms in total. The molecule has 1 aliphatic carbocycles. The van der Waals surface area contributed by atoms with Crippen molar-refractivity contribution in [3.63, 3.8) is 0 Å². The third-order valence-electron chi connectivity index (χ3n) is 7.67. The molecule has 38 heavy (non-hydrogen) atoms. The van der Waals surface area contributed by atoms with Crippen LogP contribution in [0.2, 0.25) is 0 Å². The summed E-state index contributed by atoms with van der Waals surface area (Å²) in [5.74, 6) is -1.53. The molecule has 0 bridgehead atoms. The van der Waals surface area contributed by atoms with Crippen molar-refractivity contribution in [1.82, 2.24) is 5.32 Å². The minimum atomic E-state index is -0.909. The van der Waals surface area contributed by atoms with Crippen molar-refractivity contribution in [2.75, 3.05) is 13.2 Å². The summed E-state index contributed by atoms with van der Waals surface area (Å²) in [6.45, 7) is 7.60. The normalized spacial score (nSPS) is 17.7. The van der Waals surface area contributed by atoms with E-state index < -0.39 is 36.0 Å². The van der Waals surface area contributed by atoms with Crippen LogP contribution in [-0.4, -0.2) is 37.6 Å². The first-order chi connectivity index (χ1) is 18.1. The maximum atomic E-state index is 14.5. The Balaban J connectivity index is 1.32. The third-order valence-corrected chi connectivity index (χ3v) is 7.67. The van der Waals surface area contributed by atoms with Crippen LogP contribution in [0.1, 0.15) is 50.3 Å². The van der Waals surface area contributed by atoms with Gasteiger partial charge in [0.2, 0.25) is 0 Å². The van der Waals surface area contributed by atoms with Gasteiger partial charge in [-0.3, -0.25) is 0 Å². The number of amides is 1. The molecule has 3 aromatic rings. The van der Waals surface area contributed by atoms with Crippen LogP contribution in [-0.2, 0) is 14.0 Å². The number of carbonyl (C=O) groups is 1. The first-order valence-electron chi connectivity index (χ1n) is 12.7. The number of benzene rings is 3. The molecule has 1 aliphatic heterocycles. The Bertz CT molecular complexity index is 1320. The quantitative estimate of drug-likeness (QED) is 0.379. The Morgan fingerprint density at radius 1 is 0.895 bits per heavy atom. The van der Waals surface area contributed by atoms with E-state index in [1.807, 2.05) is 64.1 Å². The van der Waals surface area contributed by atoms with Gasteiger partial charge in [-0.25, -0.2) is 13.6 Å². The van der Waals surface area contributed by atoms with Gasteiger partial charge in [-0.15, -0.1) is 0 Å². The minimum absolute atomic E-state index is 0.0821. The van der Waals surface area contributed by atoms with Gasteiger partial charge < -0.3 is 19.4 Å². The predicted octanol–water partition coefficient (Wildman–Crippen LogP) is 6.52. The van der Waals surface area contributed by atoms with E-state index in [9.17, 15) is 13.6 Å². The molecule has 8 heteroatoms. The van der Waals surface area contributed by atoms with Gasteiger partial charge >= 0.3 is 13.2 Å².